The third-order valence-electron chi connectivity index (χ3n) is 3.78. The van der Waals surface area contributed by atoms with Gasteiger partial charge in [0.25, 0.3) is 0 Å². The van der Waals surface area contributed by atoms with Crippen LogP contribution in [0.4, 0.5) is 0 Å². The minimum atomic E-state index is 0. The lowest BCUT2D eigenvalue weighted by atomic mass is 10.1. The van der Waals surface area contributed by atoms with Gasteiger partial charge in [-0.25, -0.2) is 0 Å². The van der Waals surface area contributed by atoms with Crippen molar-refractivity contribution in [3.63, 3.8) is 0 Å². The minimum absolute atomic E-state index is 0. The molecule has 4 nitrogen and oxygen atoms in total. The topological polar surface area (TPSA) is 51.4 Å². The molecule has 1 unspecified atom stereocenters. The maximum Gasteiger partial charge on any atom is 0.0824 e. The van der Waals surface area contributed by atoms with Gasteiger partial charge < -0.3 is 10.5 Å². The molecule has 1 aromatic heterocycles. The standard InChI is InChI=1S/C16H21N3O.ClH/c1-12-2-4-14-8-13(3-5-16(14)18-12)10-19-6-7-20-15(9-17)11-19;/h2-5,8,15H,6-7,9-11,17H2,1H3;1H. The summed E-state index contributed by atoms with van der Waals surface area (Å²) in [5.41, 5.74) is 9.13. The molecule has 114 valence electrons. The van der Waals surface area contributed by atoms with E-state index in [2.05, 4.69) is 40.2 Å². The number of halogens is 1. The molecular formula is C16H22ClN3O. The molecule has 1 aliphatic rings. The molecule has 2 aromatic rings. The van der Waals surface area contributed by atoms with Crippen molar-refractivity contribution in [2.24, 2.45) is 5.73 Å². The van der Waals surface area contributed by atoms with Crippen LogP contribution >= 0.6 is 12.4 Å². The van der Waals surface area contributed by atoms with E-state index in [-0.39, 0.29) is 18.5 Å². The Morgan fingerprint density at radius 3 is 3.00 bits per heavy atom. The monoisotopic (exact) mass is 307 g/mol. The molecule has 1 aromatic carbocycles. The molecule has 0 saturated carbocycles. The highest BCUT2D eigenvalue weighted by Gasteiger charge is 2.19. The Labute approximate surface area is 131 Å². The predicted octanol–water partition coefficient (Wildman–Crippen LogP) is 2.12. The maximum atomic E-state index is 5.69. The van der Waals surface area contributed by atoms with Gasteiger partial charge in [0.05, 0.1) is 18.2 Å². The lowest BCUT2D eigenvalue weighted by Crippen LogP contribution is -2.45. The number of aryl methyl sites for hydroxylation is 1. The van der Waals surface area contributed by atoms with Crippen molar-refractivity contribution in [1.82, 2.24) is 9.88 Å². The first-order valence-corrected chi connectivity index (χ1v) is 7.15. The van der Waals surface area contributed by atoms with Crippen molar-refractivity contribution >= 4 is 23.3 Å². The number of morpholine rings is 1. The summed E-state index contributed by atoms with van der Waals surface area (Å²) in [6, 6.07) is 10.7. The second-order valence-electron chi connectivity index (χ2n) is 5.44. The molecule has 0 aliphatic carbocycles. The van der Waals surface area contributed by atoms with E-state index in [9.17, 15) is 0 Å². The third kappa shape index (κ3) is 3.92. The summed E-state index contributed by atoms with van der Waals surface area (Å²) in [6.07, 6.45) is 0.175. The minimum Gasteiger partial charge on any atom is -0.374 e. The van der Waals surface area contributed by atoms with E-state index in [0.29, 0.717) is 6.54 Å². The lowest BCUT2D eigenvalue weighted by Gasteiger charge is -2.32. The lowest BCUT2D eigenvalue weighted by molar-refractivity contribution is -0.0260. The summed E-state index contributed by atoms with van der Waals surface area (Å²) in [5.74, 6) is 0. The van der Waals surface area contributed by atoms with Crippen LogP contribution < -0.4 is 5.73 Å². The number of nitrogens with zero attached hydrogens (tertiary/aromatic N) is 2. The van der Waals surface area contributed by atoms with Gasteiger partial charge in [0, 0.05) is 37.3 Å². The molecule has 0 bridgehead atoms. The zero-order valence-corrected chi connectivity index (χ0v) is 13.1. The van der Waals surface area contributed by atoms with E-state index in [4.69, 9.17) is 10.5 Å². The number of benzene rings is 1. The number of nitrogens with two attached hydrogens (primary N) is 1. The number of hydrogen-bond acceptors (Lipinski definition) is 4. The molecule has 0 radical (unpaired) electrons. The fraction of sp³-hybridized carbons (Fsp3) is 0.438. The Kier molecular flexibility index (Phi) is 5.53. The molecule has 21 heavy (non-hydrogen) atoms. The summed E-state index contributed by atoms with van der Waals surface area (Å²) in [5, 5.41) is 1.21. The van der Waals surface area contributed by atoms with Crippen LogP contribution in [0.3, 0.4) is 0 Å². The fourth-order valence-electron chi connectivity index (χ4n) is 2.70. The molecule has 5 heteroatoms. The first-order chi connectivity index (χ1) is 9.74. The zero-order chi connectivity index (χ0) is 13.9. The van der Waals surface area contributed by atoms with Crippen molar-refractivity contribution in [2.45, 2.75) is 19.6 Å². The van der Waals surface area contributed by atoms with Gasteiger partial charge in [-0.05, 0) is 30.7 Å². The first-order valence-electron chi connectivity index (χ1n) is 7.15. The van der Waals surface area contributed by atoms with Crippen LogP contribution in [0.5, 0.6) is 0 Å². The van der Waals surface area contributed by atoms with Crippen molar-refractivity contribution < 1.29 is 4.74 Å². The number of pyridine rings is 1. The van der Waals surface area contributed by atoms with Gasteiger partial charge in [0.15, 0.2) is 0 Å². The van der Waals surface area contributed by atoms with Crippen molar-refractivity contribution in [2.75, 3.05) is 26.2 Å². The highest BCUT2D eigenvalue weighted by Crippen LogP contribution is 2.17. The zero-order valence-electron chi connectivity index (χ0n) is 12.3. The van der Waals surface area contributed by atoms with Crippen LogP contribution in [-0.4, -0.2) is 42.2 Å². The van der Waals surface area contributed by atoms with E-state index >= 15 is 0 Å². The van der Waals surface area contributed by atoms with Crippen molar-refractivity contribution in [3.8, 4) is 0 Å². The Hall–Kier alpha value is -1.20. The van der Waals surface area contributed by atoms with E-state index in [1.165, 1.54) is 10.9 Å². The van der Waals surface area contributed by atoms with Gasteiger partial charge in [-0.15, -0.1) is 12.4 Å². The largest absolute Gasteiger partial charge is 0.374 e. The quantitative estimate of drug-likeness (QED) is 0.944. The predicted molar refractivity (Wildman–Crippen MR) is 87.8 cm³/mol. The van der Waals surface area contributed by atoms with Crippen LogP contribution in [0.25, 0.3) is 10.9 Å². The Morgan fingerprint density at radius 2 is 2.19 bits per heavy atom. The van der Waals surface area contributed by atoms with E-state index < -0.39 is 0 Å². The molecule has 2 N–H and O–H groups in total. The average molecular weight is 308 g/mol. The second kappa shape index (κ2) is 7.18. The van der Waals surface area contributed by atoms with Gasteiger partial charge in [0.2, 0.25) is 0 Å². The highest BCUT2D eigenvalue weighted by atomic mass is 35.5. The molecule has 1 saturated heterocycles. The molecule has 3 rings (SSSR count). The number of hydrogen-bond donors (Lipinski definition) is 1. The Bertz CT molecular complexity index is 605. The average Bonchev–Trinajstić information content (AvgIpc) is 2.47. The van der Waals surface area contributed by atoms with Gasteiger partial charge in [-0.1, -0.05) is 12.1 Å². The van der Waals surface area contributed by atoms with Gasteiger partial charge >= 0.3 is 0 Å². The molecule has 0 spiro atoms. The number of fused-ring (bicyclic) bond motifs is 1. The molecule has 0 amide bonds. The van der Waals surface area contributed by atoms with Crippen LogP contribution in [0.2, 0.25) is 0 Å². The number of aromatic nitrogens is 1. The molecule has 1 atom stereocenters. The first kappa shape index (κ1) is 16.2. The van der Waals surface area contributed by atoms with Crippen LogP contribution in [0.1, 0.15) is 11.3 Å². The smallest absolute Gasteiger partial charge is 0.0824 e. The Morgan fingerprint density at radius 1 is 1.33 bits per heavy atom. The Balaban J connectivity index is 0.00000161. The third-order valence-corrected chi connectivity index (χ3v) is 3.78. The van der Waals surface area contributed by atoms with Crippen molar-refractivity contribution in [1.29, 1.82) is 0 Å². The van der Waals surface area contributed by atoms with Gasteiger partial charge in [0.1, 0.15) is 0 Å². The summed E-state index contributed by atoms with van der Waals surface area (Å²) >= 11 is 0. The van der Waals surface area contributed by atoms with E-state index in [1.807, 2.05) is 6.92 Å². The fourth-order valence-corrected chi connectivity index (χ4v) is 2.70. The van der Waals surface area contributed by atoms with Crippen LogP contribution in [0.15, 0.2) is 30.3 Å². The van der Waals surface area contributed by atoms with Crippen LogP contribution in [0, 0.1) is 6.92 Å². The second-order valence-corrected chi connectivity index (χ2v) is 5.44. The molecule has 1 aliphatic heterocycles. The highest BCUT2D eigenvalue weighted by molar-refractivity contribution is 5.85. The van der Waals surface area contributed by atoms with Gasteiger partial charge in [-0.3, -0.25) is 9.88 Å². The van der Waals surface area contributed by atoms with Crippen LogP contribution in [-0.2, 0) is 11.3 Å². The molecular weight excluding hydrogens is 286 g/mol. The van der Waals surface area contributed by atoms with E-state index in [1.54, 1.807) is 0 Å². The number of ether oxygens (including phenoxy) is 1. The number of rotatable bonds is 3. The van der Waals surface area contributed by atoms with Crippen molar-refractivity contribution in [3.05, 3.63) is 41.6 Å². The summed E-state index contributed by atoms with van der Waals surface area (Å²) in [7, 11) is 0. The summed E-state index contributed by atoms with van der Waals surface area (Å²) in [6.45, 7) is 6.23. The maximum absolute atomic E-state index is 5.69. The molecule has 1 fully saturated rings. The SMILES string of the molecule is Cc1ccc2cc(CN3CCOC(CN)C3)ccc2n1.Cl. The summed E-state index contributed by atoms with van der Waals surface area (Å²) in [4.78, 5) is 6.95. The van der Waals surface area contributed by atoms with E-state index in [0.717, 1.165) is 37.5 Å². The normalized spacial score (nSPS) is 19.4. The molecule has 2 heterocycles. The summed E-state index contributed by atoms with van der Waals surface area (Å²) < 4.78 is 5.60. The van der Waals surface area contributed by atoms with Gasteiger partial charge in [-0.2, -0.15) is 0 Å².